The fourth-order valence-corrected chi connectivity index (χ4v) is 2.98. The third kappa shape index (κ3) is 5.10. The molecular weight excluding hydrogens is 353 g/mol. The lowest BCUT2D eigenvalue weighted by Gasteiger charge is -2.25. The number of hydrogen-bond donors (Lipinski definition) is 0. The molecule has 25 heavy (non-hydrogen) atoms. The van der Waals surface area contributed by atoms with E-state index >= 15 is 0 Å². The van der Waals surface area contributed by atoms with Crippen molar-refractivity contribution in [3.8, 4) is 0 Å². The molecule has 0 N–H and O–H groups in total. The van der Waals surface area contributed by atoms with Gasteiger partial charge in [0.1, 0.15) is 5.38 Å². The van der Waals surface area contributed by atoms with E-state index in [0.717, 1.165) is 5.69 Å². The largest absolute Gasteiger partial charge is 0.307 e. The van der Waals surface area contributed by atoms with Gasteiger partial charge < -0.3 is 4.90 Å². The molecule has 1 atom stereocenters. The molecule has 2 aromatic rings. The predicted molar refractivity (Wildman–Crippen MR) is 108 cm³/mol. The van der Waals surface area contributed by atoms with Gasteiger partial charge in [-0.1, -0.05) is 61.9 Å². The van der Waals surface area contributed by atoms with Crippen molar-refractivity contribution in [1.29, 1.82) is 0 Å². The van der Waals surface area contributed by atoms with Crippen LogP contribution in [-0.2, 0) is 4.79 Å². The zero-order chi connectivity index (χ0) is 18.4. The lowest BCUT2D eigenvalue weighted by atomic mass is 10.0. The highest BCUT2D eigenvalue weighted by molar-refractivity contribution is 6.33. The molecule has 0 saturated heterocycles. The molecule has 2 aromatic carbocycles. The first kappa shape index (κ1) is 19.6. The van der Waals surface area contributed by atoms with Crippen LogP contribution < -0.4 is 4.90 Å². The Bertz CT molecular complexity index is 755. The number of rotatable bonds is 6. The van der Waals surface area contributed by atoms with Crippen molar-refractivity contribution in [2.45, 2.75) is 32.1 Å². The Morgan fingerprint density at radius 1 is 1.12 bits per heavy atom. The molecule has 0 radical (unpaired) electrons. The Morgan fingerprint density at radius 2 is 1.80 bits per heavy atom. The maximum absolute atomic E-state index is 13.1. The van der Waals surface area contributed by atoms with Crippen molar-refractivity contribution < 1.29 is 4.79 Å². The van der Waals surface area contributed by atoms with Gasteiger partial charge >= 0.3 is 0 Å². The molecule has 2 nitrogen and oxygen atoms in total. The molecule has 0 aliphatic carbocycles. The summed E-state index contributed by atoms with van der Waals surface area (Å²) in [6, 6.07) is 15.2. The number of halogens is 2. The van der Waals surface area contributed by atoms with Gasteiger partial charge in [-0.3, -0.25) is 4.79 Å². The molecule has 1 unspecified atom stereocenters. The number of carbonyl (C=O) groups is 1. The van der Waals surface area contributed by atoms with Gasteiger partial charge in [-0.25, -0.2) is 0 Å². The summed E-state index contributed by atoms with van der Waals surface area (Å²) in [5.74, 6) is 0.223. The number of nitrogens with zero attached hydrogens (tertiary/aromatic N) is 1. The summed E-state index contributed by atoms with van der Waals surface area (Å²) < 4.78 is 0. The van der Waals surface area contributed by atoms with E-state index in [1.165, 1.54) is 5.56 Å². The van der Waals surface area contributed by atoms with Gasteiger partial charge in [-0.15, -0.1) is 11.6 Å². The number of amides is 1. The quantitative estimate of drug-likeness (QED) is 0.425. The van der Waals surface area contributed by atoms with Crippen LogP contribution in [-0.4, -0.2) is 12.5 Å². The van der Waals surface area contributed by atoms with Gasteiger partial charge in [0.25, 0.3) is 0 Å². The molecule has 2 rings (SSSR count). The van der Waals surface area contributed by atoms with Gasteiger partial charge in [0.2, 0.25) is 5.91 Å². The van der Waals surface area contributed by atoms with Crippen molar-refractivity contribution >= 4 is 34.8 Å². The second-order valence-corrected chi connectivity index (χ2v) is 7.06. The van der Waals surface area contributed by atoms with Crippen molar-refractivity contribution in [3.05, 3.63) is 76.8 Å². The van der Waals surface area contributed by atoms with E-state index in [-0.39, 0.29) is 5.91 Å². The first-order chi connectivity index (χ1) is 11.9. The number of carbonyl (C=O) groups excluding carboxylic acids is 1. The van der Waals surface area contributed by atoms with Crippen molar-refractivity contribution in [3.63, 3.8) is 0 Å². The molecular formula is C21H23Cl2NO. The Labute approximate surface area is 160 Å². The van der Waals surface area contributed by atoms with E-state index in [1.54, 1.807) is 23.1 Å². The van der Waals surface area contributed by atoms with Gasteiger partial charge in [0.15, 0.2) is 0 Å². The zero-order valence-electron chi connectivity index (χ0n) is 14.7. The molecule has 4 heteroatoms. The second-order valence-electron chi connectivity index (χ2n) is 6.19. The normalized spacial score (nSPS) is 12.6. The minimum atomic E-state index is -0.785. The van der Waals surface area contributed by atoms with Gasteiger partial charge in [0, 0.05) is 17.3 Å². The van der Waals surface area contributed by atoms with E-state index in [9.17, 15) is 4.79 Å². The van der Waals surface area contributed by atoms with Crippen LogP contribution >= 0.6 is 23.2 Å². The fraction of sp³-hybridized carbons (Fsp3) is 0.286. The molecule has 0 aromatic heterocycles. The topological polar surface area (TPSA) is 20.3 Å². The maximum Gasteiger partial charge on any atom is 0.249 e. The van der Waals surface area contributed by atoms with Crippen LogP contribution in [0.15, 0.2) is 60.7 Å². The van der Waals surface area contributed by atoms with Gasteiger partial charge in [0.05, 0.1) is 0 Å². The van der Waals surface area contributed by atoms with Crippen molar-refractivity contribution in [1.82, 2.24) is 0 Å². The van der Waals surface area contributed by atoms with Crippen LogP contribution in [0.4, 0.5) is 5.69 Å². The minimum absolute atomic E-state index is 0.164. The molecule has 0 aliphatic rings. The summed E-state index contributed by atoms with van der Waals surface area (Å²) in [6.45, 7) is 6.67. The summed E-state index contributed by atoms with van der Waals surface area (Å²) in [5, 5.41) is -0.218. The Balaban J connectivity index is 2.36. The van der Waals surface area contributed by atoms with Crippen LogP contribution in [0.5, 0.6) is 0 Å². The predicted octanol–water partition coefficient (Wildman–Crippen LogP) is 6.35. The average Bonchev–Trinajstić information content (AvgIpc) is 2.61. The molecule has 0 bridgehead atoms. The number of anilines is 1. The van der Waals surface area contributed by atoms with E-state index in [0.29, 0.717) is 23.0 Å². The summed E-state index contributed by atoms with van der Waals surface area (Å²) in [4.78, 5) is 14.8. The van der Waals surface area contributed by atoms with Crippen LogP contribution in [0.25, 0.3) is 0 Å². The SMILES string of the molecule is C/C=C/CN(C(=O)C(Cl)c1cccc(Cl)c1)c1cccc(C(C)C)c1. The van der Waals surface area contributed by atoms with Gasteiger partial charge in [-0.05, 0) is 48.2 Å². The highest BCUT2D eigenvalue weighted by Gasteiger charge is 2.25. The van der Waals surface area contributed by atoms with Crippen LogP contribution in [0.3, 0.4) is 0 Å². The summed E-state index contributed by atoms with van der Waals surface area (Å²) in [5.41, 5.74) is 2.73. The molecule has 0 saturated carbocycles. The first-order valence-corrected chi connectivity index (χ1v) is 9.17. The van der Waals surface area contributed by atoms with Crippen molar-refractivity contribution in [2.24, 2.45) is 0 Å². The van der Waals surface area contributed by atoms with Gasteiger partial charge in [-0.2, -0.15) is 0 Å². The zero-order valence-corrected chi connectivity index (χ0v) is 16.3. The van der Waals surface area contributed by atoms with E-state index in [4.69, 9.17) is 23.2 Å². The molecule has 132 valence electrons. The maximum atomic E-state index is 13.1. The summed E-state index contributed by atoms with van der Waals surface area (Å²) >= 11 is 12.5. The van der Waals surface area contributed by atoms with Crippen LogP contribution in [0.1, 0.15) is 43.2 Å². The highest BCUT2D eigenvalue weighted by Crippen LogP contribution is 2.29. The monoisotopic (exact) mass is 375 g/mol. The first-order valence-electron chi connectivity index (χ1n) is 8.36. The van der Waals surface area contributed by atoms with E-state index < -0.39 is 5.38 Å². The molecule has 0 aliphatic heterocycles. The number of benzene rings is 2. The Morgan fingerprint density at radius 3 is 2.44 bits per heavy atom. The van der Waals surface area contributed by atoms with E-state index in [1.807, 2.05) is 43.3 Å². The average molecular weight is 376 g/mol. The standard InChI is InChI=1S/C21H23Cl2NO/c1-4-5-12-24(19-11-7-8-16(14-19)15(2)3)21(25)20(23)17-9-6-10-18(22)13-17/h4-11,13-15,20H,12H2,1-3H3/b5-4+. The Hall–Kier alpha value is -1.77. The Kier molecular flexibility index (Phi) is 7.10. The molecule has 0 fully saturated rings. The lowest BCUT2D eigenvalue weighted by Crippen LogP contribution is -2.34. The number of alkyl halides is 1. The third-order valence-corrected chi connectivity index (χ3v) is 4.67. The summed E-state index contributed by atoms with van der Waals surface area (Å²) in [6.07, 6.45) is 3.87. The number of hydrogen-bond acceptors (Lipinski definition) is 1. The smallest absolute Gasteiger partial charge is 0.249 e. The van der Waals surface area contributed by atoms with Crippen LogP contribution in [0.2, 0.25) is 5.02 Å². The minimum Gasteiger partial charge on any atom is -0.307 e. The second kappa shape index (κ2) is 9.07. The number of allylic oxidation sites excluding steroid dienone is 1. The highest BCUT2D eigenvalue weighted by atomic mass is 35.5. The summed E-state index contributed by atoms with van der Waals surface area (Å²) in [7, 11) is 0. The fourth-order valence-electron chi connectivity index (χ4n) is 2.53. The molecule has 0 spiro atoms. The molecule has 1 amide bonds. The van der Waals surface area contributed by atoms with Crippen molar-refractivity contribution in [2.75, 3.05) is 11.4 Å². The van der Waals surface area contributed by atoms with Crippen LogP contribution in [0, 0.1) is 0 Å². The molecule has 0 heterocycles. The van der Waals surface area contributed by atoms with E-state index in [2.05, 4.69) is 19.9 Å². The lowest BCUT2D eigenvalue weighted by molar-refractivity contribution is -0.118. The third-order valence-electron chi connectivity index (χ3n) is 4.00.